The number of halogens is 1. The Labute approximate surface area is 219 Å². The second-order valence-electron chi connectivity index (χ2n) is 7.92. The summed E-state index contributed by atoms with van der Waals surface area (Å²) in [5.41, 5.74) is 1.14. The third-order valence-corrected chi connectivity index (χ3v) is 5.52. The molecule has 0 spiro atoms. The molecule has 2 heterocycles. The Balaban J connectivity index is 1.86. The number of anilines is 1. The number of amides is 2. The van der Waals surface area contributed by atoms with Crippen LogP contribution in [0.2, 0.25) is 5.02 Å². The summed E-state index contributed by atoms with van der Waals surface area (Å²) in [5, 5.41) is 12.7. The highest BCUT2D eigenvalue weighted by Gasteiger charge is 2.16. The minimum atomic E-state index is -1.17. The van der Waals surface area contributed by atoms with Gasteiger partial charge in [-0.3, -0.25) is 14.5 Å². The van der Waals surface area contributed by atoms with Gasteiger partial charge in [0.15, 0.2) is 11.4 Å². The maximum Gasteiger partial charge on any atom is 0.354 e. The molecule has 2 N–H and O–H groups in total. The Morgan fingerprint density at radius 3 is 2.46 bits per heavy atom. The first-order valence-corrected chi connectivity index (χ1v) is 11.6. The minimum absolute atomic E-state index is 0.106. The Morgan fingerprint density at radius 1 is 1.11 bits per heavy atom. The molecule has 11 heteroatoms. The van der Waals surface area contributed by atoms with Gasteiger partial charge in [-0.15, -0.1) is 0 Å². The van der Waals surface area contributed by atoms with Gasteiger partial charge in [-0.1, -0.05) is 29.8 Å². The second-order valence-corrected chi connectivity index (χ2v) is 8.35. The van der Waals surface area contributed by atoms with E-state index in [1.54, 1.807) is 50.4 Å². The average molecular weight is 524 g/mol. The lowest BCUT2D eigenvalue weighted by Gasteiger charge is -2.23. The van der Waals surface area contributed by atoms with Crippen LogP contribution in [-0.4, -0.2) is 56.8 Å². The van der Waals surface area contributed by atoms with Gasteiger partial charge in [0.25, 0.3) is 0 Å². The molecular formula is C26H26ClN5O5. The van der Waals surface area contributed by atoms with Crippen molar-refractivity contribution in [2.75, 3.05) is 18.9 Å². The first-order valence-electron chi connectivity index (χ1n) is 11.3. The number of benzene rings is 1. The highest BCUT2D eigenvalue weighted by molar-refractivity contribution is 6.30. The van der Waals surface area contributed by atoms with Gasteiger partial charge in [0.05, 0.1) is 12.2 Å². The van der Waals surface area contributed by atoms with Crippen LogP contribution in [0.25, 0.3) is 0 Å². The fourth-order valence-electron chi connectivity index (χ4n) is 3.10. The van der Waals surface area contributed by atoms with Crippen molar-refractivity contribution < 1.29 is 24.2 Å². The summed E-state index contributed by atoms with van der Waals surface area (Å²) >= 11 is 5.97. The first-order chi connectivity index (χ1) is 17.7. The number of carboxylic acids is 1. The molecule has 10 nitrogen and oxygen atoms in total. The number of hydrogen-bond donors (Lipinski definition) is 2. The molecule has 0 atom stereocenters. The first kappa shape index (κ1) is 27.2. The molecule has 2 aromatic heterocycles. The number of rotatable bonds is 11. The van der Waals surface area contributed by atoms with Gasteiger partial charge in [-0.05, 0) is 49.7 Å². The van der Waals surface area contributed by atoms with Gasteiger partial charge in [-0.25, -0.2) is 14.8 Å². The number of aryl methyl sites for hydroxylation is 1. The van der Waals surface area contributed by atoms with E-state index < -0.39 is 5.97 Å². The molecule has 0 aliphatic heterocycles. The van der Waals surface area contributed by atoms with Crippen LogP contribution in [-0.2, 0) is 16.1 Å². The number of ether oxygens (including phenoxy) is 1. The van der Waals surface area contributed by atoms with Crippen LogP contribution in [0.1, 0.15) is 28.7 Å². The van der Waals surface area contributed by atoms with E-state index in [1.165, 1.54) is 34.1 Å². The Morgan fingerprint density at radius 2 is 1.84 bits per heavy atom. The van der Waals surface area contributed by atoms with Crippen molar-refractivity contribution in [3.05, 3.63) is 88.5 Å². The fourth-order valence-corrected chi connectivity index (χ4v) is 3.23. The Hall–Kier alpha value is -4.44. The number of likely N-dealkylation sites (N-methyl/N-ethyl adjacent to an activating group) is 1. The quantitative estimate of drug-likeness (QED) is 0.281. The van der Waals surface area contributed by atoms with Crippen LogP contribution in [0.15, 0.2) is 66.5 Å². The summed E-state index contributed by atoms with van der Waals surface area (Å²) in [6.07, 6.45) is 1.95. The summed E-state index contributed by atoms with van der Waals surface area (Å²) in [6.45, 7) is 4.22. The predicted octanol–water partition coefficient (Wildman–Crippen LogP) is 4.32. The smallest absolute Gasteiger partial charge is 0.354 e. The molecule has 1 aromatic carbocycles. The average Bonchev–Trinajstić information content (AvgIpc) is 2.89. The lowest BCUT2D eigenvalue weighted by molar-refractivity contribution is -0.124. The molecule has 37 heavy (non-hydrogen) atoms. The van der Waals surface area contributed by atoms with Gasteiger partial charge >= 0.3 is 5.97 Å². The molecule has 192 valence electrons. The molecule has 0 saturated heterocycles. The zero-order chi connectivity index (χ0) is 26.9. The fraction of sp³-hybridized carbons (Fsp3) is 0.192. The van der Waals surface area contributed by atoms with E-state index >= 15 is 0 Å². The SMILES string of the molecule is CCN(C)C(=O)/C=C(/Nc1ccc(Oc2cccc(C(=O)O)n2)c(C)n1)N(C=O)Cc1ccc(Cl)cc1. The Kier molecular flexibility index (Phi) is 9.17. The van der Waals surface area contributed by atoms with E-state index in [-0.39, 0.29) is 29.8 Å². The minimum Gasteiger partial charge on any atom is -0.477 e. The van der Waals surface area contributed by atoms with E-state index in [0.717, 1.165) is 5.56 Å². The molecule has 3 aromatic rings. The van der Waals surface area contributed by atoms with E-state index in [1.807, 2.05) is 6.92 Å². The van der Waals surface area contributed by atoms with Crippen LogP contribution in [0, 0.1) is 6.92 Å². The number of pyridine rings is 2. The summed E-state index contributed by atoms with van der Waals surface area (Å²) in [7, 11) is 1.66. The summed E-state index contributed by atoms with van der Waals surface area (Å²) in [4.78, 5) is 47.1. The van der Waals surface area contributed by atoms with Crippen molar-refractivity contribution in [1.29, 1.82) is 0 Å². The zero-order valence-electron chi connectivity index (χ0n) is 20.5. The summed E-state index contributed by atoms with van der Waals surface area (Å²) in [6, 6.07) is 14.7. The maximum atomic E-state index is 12.7. The van der Waals surface area contributed by atoms with Crippen LogP contribution in [0.3, 0.4) is 0 Å². The summed E-state index contributed by atoms with van der Waals surface area (Å²) in [5.74, 6) is -0.407. The molecule has 0 aliphatic carbocycles. The van der Waals surface area contributed by atoms with Crippen molar-refractivity contribution in [3.63, 3.8) is 0 Å². The van der Waals surface area contributed by atoms with E-state index in [4.69, 9.17) is 21.4 Å². The monoisotopic (exact) mass is 523 g/mol. The van der Waals surface area contributed by atoms with Crippen molar-refractivity contribution in [2.45, 2.75) is 20.4 Å². The van der Waals surface area contributed by atoms with Gasteiger partial charge in [0.1, 0.15) is 11.6 Å². The third kappa shape index (κ3) is 7.52. The lowest BCUT2D eigenvalue weighted by atomic mass is 10.2. The number of carbonyl (C=O) groups excluding carboxylic acids is 2. The standard InChI is InChI=1S/C26H26ClN5O5/c1-4-31(3)25(34)14-23(32(16-33)15-18-8-10-19(27)11-9-18)30-22-13-12-21(17(2)28-22)37-24-7-5-6-20(29-24)26(35)36/h5-14,16H,4,15H2,1-3H3,(H,28,30)(H,35,36)/b23-14-. The third-order valence-electron chi connectivity index (χ3n) is 5.26. The van der Waals surface area contributed by atoms with Gasteiger partial charge in [0, 0.05) is 30.8 Å². The molecule has 0 bridgehead atoms. The predicted molar refractivity (Wildman–Crippen MR) is 138 cm³/mol. The molecule has 2 amide bonds. The number of carboxylic acid groups (broad SMARTS) is 1. The van der Waals surface area contributed by atoms with Gasteiger partial charge in [-0.2, -0.15) is 0 Å². The van der Waals surface area contributed by atoms with Crippen LogP contribution < -0.4 is 10.1 Å². The maximum absolute atomic E-state index is 12.7. The molecule has 0 saturated carbocycles. The molecule has 0 unspecified atom stereocenters. The zero-order valence-corrected chi connectivity index (χ0v) is 21.3. The molecule has 0 radical (unpaired) electrons. The van der Waals surface area contributed by atoms with E-state index in [0.29, 0.717) is 35.2 Å². The number of aromatic carboxylic acids is 1. The van der Waals surface area contributed by atoms with Crippen molar-refractivity contribution in [1.82, 2.24) is 19.8 Å². The number of nitrogens with one attached hydrogen (secondary N) is 1. The lowest BCUT2D eigenvalue weighted by Crippen LogP contribution is -2.30. The van der Waals surface area contributed by atoms with Gasteiger partial charge in [0.2, 0.25) is 18.2 Å². The van der Waals surface area contributed by atoms with Gasteiger partial charge < -0.3 is 20.1 Å². The molecule has 3 rings (SSSR count). The van der Waals surface area contributed by atoms with E-state index in [9.17, 15) is 14.4 Å². The summed E-state index contributed by atoms with van der Waals surface area (Å²) < 4.78 is 5.71. The molecular weight excluding hydrogens is 498 g/mol. The van der Waals surface area contributed by atoms with Crippen LogP contribution in [0.4, 0.5) is 5.82 Å². The van der Waals surface area contributed by atoms with Crippen molar-refractivity contribution in [2.24, 2.45) is 0 Å². The largest absolute Gasteiger partial charge is 0.477 e. The van der Waals surface area contributed by atoms with Crippen LogP contribution in [0.5, 0.6) is 11.6 Å². The highest BCUT2D eigenvalue weighted by atomic mass is 35.5. The number of aromatic nitrogens is 2. The Bertz CT molecular complexity index is 1310. The topological polar surface area (TPSA) is 125 Å². The van der Waals surface area contributed by atoms with Crippen molar-refractivity contribution >= 4 is 35.7 Å². The normalized spacial score (nSPS) is 11.0. The molecule has 0 aliphatic rings. The number of nitrogens with zero attached hydrogens (tertiary/aromatic N) is 4. The number of carbonyl (C=O) groups is 3. The van der Waals surface area contributed by atoms with E-state index in [2.05, 4.69) is 15.3 Å². The van der Waals surface area contributed by atoms with Crippen LogP contribution >= 0.6 is 11.6 Å². The highest BCUT2D eigenvalue weighted by Crippen LogP contribution is 2.25. The second kappa shape index (κ2) is 12.5. The number of hydrogen-bond acceptors (Lipinski definition) is 7. The van der Waals surface area contributed by atoms with Crippen molar-refractivity contribution in [3.8, 4) is 11.6 Å². The molecule has 0 fully saturated rings.